The summed E-state index contributed by atoms with van der Waals surface area (Å²) in [6.07, 6.45) is 0. The number of hydrogen-bond donors (Lipinski definition) is 1. The maximum absolute atomic E-state index is 13.0. The molecule has 2 amide bonds. The van der Waals surface area contributed by atoms with Gasteiger partial charge < -0.3 is 14.8 Å². The largest absolute Gasteiger partial charge is 0.494 e. The normalized spacial score (nSPS) is 13.3. The van der Waals surface area contributed by atoms with Gasteiger partial charge in [0.2, 0.25) is 0 Å². The zero-order valence-corrected chi connectivity index (χ0v) is 20.2. The predicted octanol–water partition coefficient (Wildman–Crippen LogP) is 5.36. The number of carbonyl (C=O) groups excluding carboxylic acids is 3. The van der Waals surface area contributed by atoms with Crippen molar-refractivity contribution in [1.82, 2.24) is 0 Å². The van der Waals surface area contributed by atoms with Gasteiger partial charge in [0.15, 0.2) is 0 Å². The Hall–Kier alpha value is -4.10. The molecule has 0 aliphatic carbocycles. The number of nitrogens with zero attached hydrogens (tertiary/aromatic N) is 1. The van der Waals surface area contributed by atoms with Crippen LogP contribution in [-0.4, -0.2) is 24.4 Å². The van der Waals surface area contributed by atoms with E-state index >= 15 is 0 Å². The molecule has 35 heavy (non-hydrogen) atoms. The second kappa shape index (κ2) is 10.0. The average molecular weight is 491 g/mol. The number of rotatable bonds is 7. The van der Waals surface area contributed by atoms with Crippen LogP contribution in [0, 0.1) is 13.8 Å². The average Bonchev–Trinajstić information content (AvgIpc) is 3.05. The zero-order chi connectivity index (χ0) is 25.1. The van der Waals surface area contributed by atoms with Gasteiger partial charge in [-0.1, -0.05) is 17.7 Å². The van der Waals surface area contributed by atoms with E-state index in [4.69, 9.17) is 21.1 Å². The lowest BCUT2D eigenvalue weighted by atomic mass is 10.1. The zero-order valence-electron chi connectivity index (χ0n) is 19.4. The number of benzene rings is 3. The van der Waals surface area contributed by atoms with E-state index in [-0.39, 0.29) is 10.7 Å². The van der Waals surface area contributed by atoms with Crippen LogP contribution in [0.5, 0.6) is 11.5 Å². The fraction of sp³-hybridized carbons (Fsp3) is 0.148. The smallest absolute Gasteiger partial charge is 0.343 e. The molecule has 1 N–H and O–H groups in total. The van der Waals surface area contributed by atoms with Gasteiger partial charge in [0, 0.05) is 5.69 Å². The number of amides is 2. The van der Waals surface area contributed by atoms with Crippen molar-refractivity contribution in [3.05, 3.63) is 94.1 Å². The van der Waals surface area contributed by atoms with Crippen LogP contribution in [0.4, 0.5) is 11.4 Å². The molecular weight excluding hydrogens is 468 g/mol. The summed E-state index contributed by atoms with van der Waals surface area (Å²) in [5.74, 6) is -0.629. The highest BCUT2D eigenvalue weighted by Crippen LogP contribution is 2.31. The summed E-state index contributed by atoms with van der Waals surface area (Å²) in [5, 5.41) is 2.67. The van der Waals surface area contributed by atoms with E-state index in [0.29, 0.717) is 35.0 Å². The van der Waals surface area contributed by atoms with Crippen LogP contribution < -0.4 is 19.7 Å². The maximum Gasteiger partial charge on any atom is 0.343 e. The second-order valence-corrected chi connectivity index (χ2v) is 8.28. The van der Waals surface area contributed by atoms with Crippen LogP contribution in [0.3, 0.4) is 0 Å². The van der Waals surface area contributed by atoms with Gasteiger partial charge >= 0.3 is 5.97 Å². The topological polar surface area (TPSA) is 84.9 Å². The molecule has 1 aliphatic rings. The molecule has 4 rings (SSSR count). The number of ether oxygens (including phenoxy) is 2. The van der Waals surface area contributed by atoms with Gasteiger partial charge in [0.1, 0.15) is 22.2 Å². The van der Waals surface area contributed by atoms with Crippen molar-refractivity contribution in [2.75, 3.05) is 16.8 Å². The lowest BCUT2D eigenvalue weighted by molar-refractivity contribution is -0.120. The summed E-state index contributed by atoms with van der Waals surface area (Å²) in [7, 11) is 0. The fourth-order valence-electron chi connectivity index (χ4n) is 3.48. The van der Waals surface area contributed by atoms with Crippen molar-refractivity contribution >= 4 is 40.8 Å². The van der Waals surface area contributed by atoms with Crippen LogP contribution in [0.25, 0.3) is 0 Å². The summed E-state index contributed by atoms with van der Waals surface area (Å²) in [5.41, 5.74) is 3.28. The van der Waals surface area contributed by atoms with Crippen molar-refractivity contribution in [1.29, 1.82) is 0 Å². The second-order valence-electron chi connectivity index (χ2n) is 7.90. The van der Waals surface area contributed by atoms with Crippen molar-refractivity contribution < 1.29 is 23.9 Å². The molecule has 0 spiro atoms. The van der Waals surface area contributed by atoms with Gasteiger partial charge in [0.05, 0.1) is 17.9 Å². The molecule has 1 aliphatic heterocycles. The number of esters is 1. The third kappa shape index (κ3) is 5.05. The molecule has 0 unspecified atom stereocenters. The van der Waals surface area contributed by atoms with Crippen LogP contribution in [-0.2, 0) is 9.59 Å². The Morgan fingerprint density at radius 3 is 2.17 bits per heavy atom. The van der Waals surface area contributed by atoms with Crippen LogP contribution in [0.2, 0.25) is 0 Å². The third-order valence-electron chi connectivity index (χ3n) is 5.51. The first-order valence-electron chi connectivity index (χ1n) is 11.0. The van der Waals surface area contributed by atoms with Gasteiger partial charge in [-0.15, -0.1) is 0 Å². The molecule has 0 fully saturated rings. The van der Waals surface area contributed by atoms with Crippen LogP contribution in [0.15, 0.2) is 77.5 Å². The number of aryl methyl sites for hydroxylation is 2. The Morgan fingerprint density at radius 1 is 0.886 bits per heavy atom. The lowest BCUT2D eigenvalue weighted by Gasteiger charge is -2.15. The van der Waals surface area contributed by atoms with Crippen molar-refractivity contribution in [3.8, 4) is 11.5 Å². The van der Waals surface area contributed by atoms with E-state index < -0.39 is 17.8 Å². The van der Waals surface area contributed by atoms with Gasteiger partial charge in [0.25, 0.3) is 11.8 Å². The Kier molecular flexibility index (Phi) is 6.89. The first-order valence-corrected chi connectivity index (χ1v) is 11.3. The maximum atomic E-state index is 13.0. The summed E-state index contributed by atoms with van der Waals surface area (Å²) < 4.78 is 10.8. The molecular formula is C27H23ClN2O5. The highest BCUT2D eigenvalue weighted by molar-refractivity contribution is 6.53. The summed E-state index contributed by atoms with van der Waals surface area (Å²) in [6.45, 7) is 6.29. The predicted molar refractivity (Wildman–Crippen MR) is 134 cm³/mol. The van der Waals surface area contributed by atoms with E-state index in [1.165, 1.54) is 0 Å². The first-order chi connectivity index (χ1) is 16.8. The van der Waals surface area contributed by atoms with E-state index in [9.17, 15) is 14.4 Å². The van der Waals surface area contributed by atoms with Crippen molar-refractivity contribution in [2.24, 2.45) is 0 Å². The number of imide groups is 1. The standard InChI is InChI=1S/C27H23ClN2O5/c1-4-34-21-13-10-20(11-14-21)30-25(31)23(28)24(26(30)32)29-19-8-6-18(7-9-19)27(33)35-22-12-5-16(2)17(3)15-22/h5-15,29H,4H2,1-3H3. The van der Waals surface area contributed by atoms with Gasteiger partial charge in [-0.2, -0.15) is 0 Å². The number of carbonyl (C=O) groups is 3. The minimum absolute atomic E-state index is 0.0454. The number of hydrogen-bond acceptors (Lipinski definition) is 6. The molecule has 0 atom stereocenters. The molecule has 3 aromatic carbocycles. The van der Waals surface area contributed by atoms with Crippen LogP contribution in [0.1, 0.15) is 28.4 Å². The van der Waals surface area contributed by atoms with Gasteiger partial charge in [-0.05, 0) is 92.6 Å². The molecule has 0 saturated heterocycles. The quantitative estimate of drug-likeness (QED) is 0.273. The number of anilines is 2. The summed E-state index contributed by atoms with van der Waals surface area (Å²) >= 11 is 6.20. The molecule has 7 nitrogen and oxygen atoms in total. The van der Waals surface area contributed by atoms with E-state index in [2.05, 4.69) is 5.32 Å². The number of nitrogens with one attached hydrogen (secondary N) is 1. The van der Waals surface area contributed by atoms with E-state index in [1.807, 2.05) is 26.8 Å². The SMILES string of the molecule is CCOc1ccc(N2C(=O)C(Cl)=C(Nc3ccc(C(=O)Oc4ccc(C)c(C)c4)cc3)C2=O)cc1. The monoisotopic (exact) mass is 490 g/mol. The van der Waals surface area contributed by atoms with Gasteiger partial charge in [-0.25, -0.2) is 9.69 Å². The minimum atomic E-state index is -0.628. The molecule has 1 heterocycles. The summed E-state index contributed by atoms with van der Waals surface area (Å²) in [4.78, 5) is 39.1. The molecule has 0 aromatic heterocycles. The van der Waals surface area contributed by atoms with E-state index in [0.717, 1.165) is 16.0 Å². The Morgan fingerprint density at radius 2 is 1.54 bits per heavy atom. The highest BCUT2D eigenvalue weighted by Gasteiger charge is 2.39. The molecule has 178 valence electrons. The fourth-order valence-corrected chi connectivity index (χ4v) is 3.69. The summed E-state index contributed by atoms with van der Waals surface area (Å²) in [6, 6.07) is 18.3. The lowest BCUT2D eigenvalue weighted by Crippen LogP contribution is -2.32. The highest BCUT2D eigenvalue weighted by atomic mass is 35.5. The Labute approximate surface area is 207 Å². The molecule has 0 bridgehead atoms. The first kappa shape index (κ1) is 24.0. The van der Waals surface area contributed by atoms with E-state index in [1.54, 1.807) is 60.7 Å². The van der Waals surface area contributed by atoms with Crippen molar-refractivity contribution in [2.45, 2.75) is 20.8 Å². The minimum Gasteiger partial charge on any atom is -0.494 e. The third-order valence-corrected chi connectivity index (χ3v) is 5.86. The Balaban J connectivity index is 1.45. The van der Waals surface area contributed by atoms with Gasteiger partial charge in [-0.3, -0.25) is 9.59 Å². The molecule has 0 saturated carbocycles. The van der Waals surface area contributed by atoms with Crippen molar-refractivity contribution in [3.63, 3.8) is 0 Å². The molecule has 0 radical (unpaired) electrons. The van der Waals surface area contributed by atoms with Crippen LogP contribution >= 0.6 is 11.6 Å². The Bertz CT molecular complexity index is 1330. The number of halogens is 1. The molecule has 3 aromatic rings. The molecule has 8 heteroatoms.